The molecule has 3 rings (SSSR count). The topological polar surface area (TPSA) is 46.8 Å². The molecule has 0 spiro atoms. The van der Waals surface area contributed by atoms with Crippen LogP contribution in [-0.4, -0.2) is 41.3 Å². The molecular formula is C19H26ClN3O2S. The summed E-state index contributed by atoms with van der Waals surface area (Å²) in [6.45, 7) is 8.10. The van der Waals surface area contributed by atoms with Crippen LogP contribution >= 0.6 is 22.9 Å². The molecule has 7 heteroatoms. The minimum absolute atomic E-state index is 0.205. The van der Waals surface area contributed by atoms with Crippen molar-refractivity contribution in [2.24, 2.45) is 10.9 Å². The summed E-state index contributed by atoms with van der Waals surface area (Å²) >= 11 is 7.79. The van der Waals surface area contributed by atoms with Crippen LogP contribution in [0.25, 0.3) is 10.2 Å². The molecular weight excluding hydrogens is 370 g/mol. The molecule has 142 valence electrons. The van der Waals surface area contributed by atoms with Crippen molar-refractivity contribution in [3.8, 4) is 0 Å². The number of halogens is 1. The molecule has 1 aromatic carbocycles. The number of benzene rings is 1. The summed E-state index contributed by atoms with van der Waals surface area (Å²) in [6, 6.07) is 5.99. The average molecular weight is 396 g/mol. The third-order valence-electron chi connectivity index (χ3n) is 4.54. The number of fused-ring (bicyclic) bond motifs is 1. The van der Waals surface area contributed by atoms with Gasteiger partial charge in [-0.25, -0.2) is 4.79 Å². The molecule has 1 aromatic heterocycles. The number of rotatable bonds is 2. The largest absolute Gasteiger partial charge is 0.444 e. The summed E-state index contributed by atoms with van der Waals surface area (Å²) in [6.07, 6.45) is 1.74. The summed E-state index contributed by atoms with van der Waals surface area (Å²) in [7, 11) is 1.83. The van der Waals surface area contributed by atoms with Crippen molar-refractivity contribution in [1.82, 2.24) is 9.47 Å². The summed E-state index contributed by atoms with van der Waals surface area (Å²) in [5, 5.41) is 0.749. The second-order valence-corrected chi connectivity index (χ2v) is 9.19. The minimum atomic E-state index is -0.446. The second kappa shape index (κ2) is 7.61. The van der Waals surface area contributed by atoms with Gasteiger partial charge in [-0.3, -0.25) is 4.99 Å². The molecule has 0 radical (unpaired) electrons. The maximum Gasteiger partial charge on any atom is 0.410 e. The third-order valence-corrected chi connectivity index (χ3v) is 5.91. The smallest absolute Gasteiger partial charge is 0.410 e. The van der Waals surface area contributed by atoms with E-state index in [0.717, 1.165) is 47.0 Å². The van der Waals surface area contributed by atoms with Gasteiger partial charge in [0.15, 0.2) is 4.80 Å². The fourth-order valence-corrected chi connectivity index (χ4v) is 4.55. The van der Waals surface area contributed by atoms with Gasteiger partial charge in [0, 0.05) is 31.7 Å². The molecule has 0 atom stereocenters. The van der Waals surface area contributed by atoms with Gasteiger partial charge in [-0.2, -0.15) is 0 Å². The Kier molecular flexibility index (Phi) is 5.63. The molecule has 1 saturated heterocycles. The number of carbonyl (C=O) groups is 1. The number of thiazole rings is 1. The highest BCUT2D eigenvalue weighted by Crippen LogP contribution is 2.25. The summed E-state index contributed by atoms with van der Waals surface area (Å²) < 4.78 is 8.92. The molecule has 1 fully saturated rings. The lowest BCUT2D eigenvalue weighted by Crippen LogP contribution is -2.42. The van der Waals surface area contributed by atoms with Crippen LogP contribution in [0.15, 0.2) is 23.2 Å². The highest BCUT2D eigenvalue weighted by molar-refractivity contribution is 7.16. The molecule has 2 aromatic rings. The van der Waals surface area contributed by atoms with Crippen LogP contribution in [0, 0.1) is 5.92 Å². The monoisotopic (exact) mass is 395 g/mol. The maximum absolute atomic E-state index is 12.2. The van der Waals surface area contributed by atoms with E-state index in [0.29, 0.717) is 5.92 Å². The number of piperidine rings is 1. The molecule has 2 heterocycles. The lowest BCUT2D eigenvalue weighted by Gasteiger charge is -2.33. The Balaban J connectivity index is 1.69. The molecule has 5 nitrogen and oxygen atoms in total. The first kappa shape index (κ1) is 19.2. The highest BCUT2D eigenvalue weighted by Gasteiger charge is 2.27. The summed E-state index contributed by atoms with van der Waals surface area (Å²) in [5.74, 6) is 0.521. The number of likely N-dealkylation sites (tertiary alicyclic amines) is 1. The molecule has 0 saturated carbocycles. The van der Waals surface area contributed by atoms with Crippen molar-refractivity contribution in [2.75, 3.05) is 20.1 Å². The Hall–Kier alpha value is -1.53. The van der Waals surface area contributed by atoms with E-state index in [9.17, 15) is 4.79 Å². The Bertz CT molecular complexity index is 858. The van der Waals surface area contributed by atoms with Gasteiger partial charge in [-0.15, -0.1) is 0 Å². The van der Waals surface area contributed by atoms with E-state index in [-0.39, 0.29) is 6.09 Å². The maximum atomic E-state index is 12.2. The van der Waals surface area contributed by atoms with Crippen molar-refractivity contribution in [3.05, 3.63) is 28.0 Å². The van der Waals surface area contributed by atoms with Crippen LogP contribution in [0.5, 0.6) is 0 Å². The zero-order valence-corrected chi connectivity index (χ0v) is 17.4. The van der Waals surface area contributed by atoms with Crippen molar-refractivity contribution in [2.45, 2.75) is 45.8 Å². The van der Waals surface area contributed by atoms with Gasteiger partial charge in [-0.1, -0.05) is 22.9 Å². The highest BCUT2D eigenvalue weighted by atomic mass is 35.5. The first-order valence-electron chi connectivity index (χ1n) is 8.96. The summed E-state index contributed by atoms with van der Waals surface area (Å²) in [4.78, 5) is 19.5. The fourth-order valence-electron chi connectivity index (χ4n) is 3.27. The number of nitrogens with zero attached hydrogens (tertiary/aromatic N) is 3. The predicted molar refractivity (Wildman–Crippen MR) is 107 cm³/mol. The summed E-state index contributed by atoms with van der Waals surface area (Å²) in [5.41, 5.74) is 0.729. The zero-order chi connectivity index (χ0) is 18.9. The van der Waals surface area contributed by atoms with Gasteiger partial charge < -0.3 is 14.2 Å². The van der Waals surface area contributed by atoms with E-state index in [1.165, 1.54) is 5.52 Å². The second-order valence-electron chi connectivity index (χ2n) is 7.74. The van der Waals surface area contributed by atoms with Crippen LogP contribution in [0.2, 0.25) is 5.02 Å². The molecule has 1 amide bonds. The Morgan fingerprint density at radius 2 is 2.04 bits per heavy atom. The van der Waals surface area contributed by atoms with Gasteiger partial charge in [-0.05, 0) is 57.7 Å². The van der Waals surface area contributed by atoms with Gasteiger partial charge in [0.1, 0.15) is 5.60 Å². The van der Waals surface area contributed by atoms with E-state index in [1.54, 1.807) is 11.3 Å². The number of aromatic nitrogens is 1. The molecule has 0 unspecified atom stereocenters. The average Bonchev–Trinajstić information content (AvgIpc) is 2.90. The van der Waals surface area contributed by atoms with E-state index in [4.69, 9.17) is 16.3 Å². The van der Waals surface area contributed by atoms with Crippen molar-refractivity contribution in [1.29, 1.82) is 0 Å². The van der Waals surface area contributed by atoms with Crippen LogP contribution in [-0.2, 0) is 11.3 Å². The van der Waals surface area contributed by atoms with Crippen LogP contribution in [0.1, 0.15) is 33.6 Å². The standard InChI is InChI=1S/C19H26ClN3O2S/c1-19(2,3)25-18(24)22-9-7-13(8-10-22)12-23-15-6-5-14(20)11-16(15)26-17(23)21-4/h5-6,11,13H,7-10,12H2,1-4H3. The molecule has 0 N–H and O–H groups in total. The van der Waals surface area contributed by atoms with E-state index < -0.39 is 5.60 Å². The van der Waals surface area contributed by atoms with Gasteiger partial charge >= 0.3 is 6.09 Å². The normalized spacial score (nSPS) is 17.1. The Morgan fingerprint density at radius 3 is 2.65 bits per heavy atom. The van der Waals surface area contributed by atoms with E-state index in [1.807, 2.05) is 44.9 Å². The van der Waals surface area contributed by atoms with E-state index in [2.05, 4.69) is 15.6 Å². The van der Waals surface area contributed by atoms with Crippen molar-refractivity contribution in [3.63, 3.8) is 0 Å². The lowest BCUT2D eigenvalue weighted by atomic mass is 9.97. The minimum Gasteiger partial charge on any atom is -0.444 e. The van der Waals surface area contributed by atoms with Gasteiger partial charge in [0.25, 0.3) is 0 Å². The SMILES string of the molecule is CN=c1sc2cc(Cl)ccc2n1CC1CCN(C(=O)OC(C)(C)C)CC1. The number of ether oxygens (including phenoxy) is 1. The van der Waals surface area contributed by atoms with Gasteiger partial charge in [0.05, 0.1) is 10.2 Å². The van der Waals surface area contributed by atoms with Crippen LogP contribution in [0.3, 0.4) is 0 Å². The third kappa shape index (κ3) is 4.41. The van der Waals surface area contributed by atoms with E-state index >= 15 is 0 Å². The lowest BCUT2D eigenvalue weighted by molar-refractivity contribution is 0.0178. The molecule has 1 aliphatic heterocycles. The number of carbonyl (C=O) groups excluding carboxylic acids is 1. The molecule has 26 heavy (non-hydrogen) atoms. The first-order valence-corrected chi connectivity index (χ1v) is 10.2. The molecule has 0 bridgehead atoms. The quantitative estimate of drug-likeness (QED) is 0.749. The van der Waals surface area contributed by atoms with Crippen molar-refractivity contribution >= 4 is 39.2 Å². The number of amides is 1. The number of hydrogen-bond donors (Lipinski definition) is 0. The molecule has 1 aliphatic rings. The van der Waals surface area contributed by atoms with Crippen LogP contribution < -0.4 is 4.80 Å². The Morgan fingerprint density at radius 1 is 1.35 bits per heavy atom. The Labute approximate surface area is 163 Å². The number of hydrogen-bond acceptors (Lipinski definition) is 4. The zero-order valence-electron chi connectivity index (χ0n) is 15.8. The fraction of sp³-hybridized carbons (Fsp3) is 0.579. The predicted octanol–water partition coefficient (Wildman–Crippen LogP) is 4.53. The van der Waals surface area contributed by atoms with Crippen molar-refractivity contribution < 1.29 is 9.53 Å². The molecule has 0 aliphatic carbocycles. The van der Waals surface area contributed by atoms with Gasteiger partial charge in [0.2, 0.25) is 0 Å². The first-order chi connectivity index (χ1) is 12.3. The van der Waals surface area contributed by atoms with Crippen LogP contribution in [0.4, 0.5) is 4.79 Å².